The first-order valence-electron chi connectivity index (χ1n) is 9.65. The number of sulfonamides is 1. The summed E-state index contributed by atoms with van der Waals surface area (Å²) in [5.41, 5.74) is 1.96. The normalized spacial score (nSPS) is 16.4. The lowest BCUT2D eigenvalue weighted by molar-refractivity contribution is 0.0769. The molecular weight excluding hydrogens is 440 g/mol. The van der Waals surface area contributed by atoms with Crippen LogP contribution >= 0.6 is 22.7 Å². The number of thiazole rings is 1. The topological polar surface area (TPSA) is 75.0 Å². The van der Waals surface area contributed by atoms with E-state index in [0.29, 0.717) is 42.4 Å². The number of nitrogens with zero attached hydrogens (tertiary/aromatic N) is 4. The summed E-state index contributed by atoms with van der Waals surface area (Å²) < 4.78 is 29.5. The highest BCUT2D eigenvalue weighted by molar-refractivity contribution is 7.89. The molecule has 0 saturated carbocycles. The maximum absolute atomic E-state index is 13.1. The number of imidazole rings is 1. The lowest BCUT2D eigenvalue weighted by Gasteiger charge is -2.21. The van der Waals surface area contributed by atoms with Gasteiger partial charge in [-0.2, -0.15) is 4.31 Å². The number of carbonyl (C=O) groups is 1. The minimum absolute atomic E-state index is 0.0587. The van der Waals surface area contributed by atoms with Crippen LogP contribution in [0.25, 0.3) is 15.3 Å². The summed E-state index contributed by atoms with van der Waals surface area (Å²) in [7, 11) is -3.56. The van der Waals surface area contributed by atoms with E-state index in [1.165, 1.54) is 15.6 Å². The summed E-state index contributed by atoms with van der Waals surface area (Å²) in [5, 5.41) is 1.97. The van der Waals surface area contributed by atoms with Gasteiger partial charge in [-0.1, -0.05) is 17.7 Å². The van der Waals surface area contributed by atoms with Crippen LogP contribution in [-0.4, -0.2) is 59.1 Å². The predicted octanol–water partition coefficient (Wildman–Crippen LogP) is 3.46. The first-order valence-corrected chi connectivity index (χ1v) is 12.8. The van der Waals surface area contributed by atoms with E-state index in [1.54, 1.807) is 40.5 Å². The van der Waals surface area contributed by atoms with Gasteiger partial charge in [0.25, 0.3) is 5.91 Å². The number of fused-ring (bicyclic) bond motifs is 3. The summed E-state index contributed by atoms with van der Waals surface area (Å²) in [5.74, 6) is -0.0587. The molecule has 1 amide bonds. The van der Waals surface area contributed by atoms with Gasteiger partial charge in [0.2, 0.25) is 10.0 Å². The number of amides is 1. The molecule has 10 heteroatoms. The molecule has 4 aromatic rings. The minimum atomic E-state index is -3.56. The number of carbonyl (C=O) groups excluding carboxylic acids is 1. The van der Waals surface area contributed by atoms with Gasteiger partial charge in [-0.15, -0.1) is 22.7 Å². The van der Waals surface area contributed by atoms with Crippen molar-refractivity contribution in [2.75, 3.05) is 26.2 Å². The Balaban J connectivity index is 1.34. The molecule has 0 N–H and O–H groups in total. The molecule has 7 nitrogen and oxygen atoms in total. The molecule has 4 heterocycles. The van der Waals surface area contributed by atoms with Crippen LogP contribution < -0.4 is 0 Å². The smallest absolute Gasteiger partial charge is 0.264 e. The molecule has 156 valence electrons. The van der Waals surface area contributed by atoms with Gasteiger partial charge in [0.1, 0.15) is 4.83 Å². The van der Waals surface area contributed by atoms with E-state index in [0.717, 1.165) is 20.9 Å². The van der Waals surface area contributed by atoms with Crippen LogP contribution in [0.3, 0.4) is 0 Å². The highest BCUT2D eigenvalue weighted by Crippen LogP contribution is 2.29. The molecule has 1 aliphatic heterocycles. The van der Waals surface area contributed by atoms with Gasteiger partial charge >= 0.3 is 0 Å². The molecule has 1 aromatic carbocycles. The third kappa shape index (κ3) is 3.33. The Kier molecular flexibility index (Phi) is 4.89. The molecule has 5 rings (SSSR count). The van der Waals surface area contributed by atoms with Crippen molar-refractivity contribution in [1.29, 1.82) is 0 Å². The third-order valence-corrected chi connectivity index (χ3v) is 9.03. The fourth-order valence-corrected chi connectivity index (χ4v) is 6.94. The van der Waals surface area contributed by atoms with Gasteiger partial charge in [-0.3, -0.25) is 9.20 Å². The van der Waals surface area contributed by atoms with E-state index < -0.39 is 10.0 Å². The highest BCUT2D eigenvalue weighted by atomic mass is 32.2. The fraction of sp³-hybridized carbons (Fsp3) is 0.300. The average molecular weight is 461 g/mol. The van der Waals surface area contributed by atoms with Crippen molar-refractivity contribution >= 4 is 53.9 Å². The van der Waals surface area contributed by atoms with Gasteiger partial charge < -0.3 is 4.90 Å². The number of thiophene rings is 1. The molecule has 30 heavy (non-hydrogen) atoms. The highest BCUT2D eigenvalue weighted by Gasteiger charge is 2.29. The molecule has 0 bridgehead atoms. The molecule has 1 saturated heterocycles. The fourth-order valence-electron chi connectivity index (χ4n) is 3.71. The van der Waals surface area contributed by atoms with E-state index in [9.17, 15) is 13.2 Å². The zero-order valence-corrected chi connectivity index (χ0v) is 18.8. The third-order valence-electron chi connectivity index (χ3n) is 5.35. The second kappa shape index (κ2) is 7.45. The maximum atomic E-state index is 13.1. The Labute approximate surface area is 182 Å². The Bertz CT molecular complexity index is 1330. The number of aromatic nitrogens is 2. The second-order valence-corrected chi connectivity index (χ2v) is 11.2. The number of aryl methyl sites for hydroxylation is 1. The monoisotopic (exact) mass is 460 g/mol. The Hall–Kier alpha value is -2.27. The molecular formula is C20H20N4O3S3. The Morgan fingerprint density at radius 2 is 1.90 bits per heavy atom. The quantitative estimate of drug-likeness (QED) is 0.469. The van der Waals surface area contributed by atoms with Crippen molar-refractivity contribution in [3.63, 3.8) is 0 Å². The lowest BCUT2D eigenvalue weighted by atomic mass is 10.2. The van der Waals surface area contributed by atoms with E-state index in [1.807, 2.05) is 29.0 Å². The van der Waals surface area contributed by atoms with Crippen LogP contribution in [0.5, 0.6) is 0 Å². The molecule has 0 spiro atoms. The van der Waals surface area contributed by atoms with Crippen LogP contribution in [-0.2, 0) is 10.0 Å². The Morgan fingerprint density at radius 1 is 1.10 bits per heavy atom. The molecule has 0 aliphatic carbocycles. The SMILES string of the molecule is Cc1ccc(S(=O)(=O)N2CCCN(C(=O)c3cc4c(nc5sccn54)s3)CC2)cc1. The zero-order chi connectivity index (χ0) is 20.9. The van der Waals surface area contributed by atoms with Crippen molar-refractivity contribution in [2.45, 2.75) is 18.2 Å². The van der Waals surface area contributed by atoms with Crippen molar-refractivity contribution in [2.24, 2.45) is 0 Å². The maximum Gasteiger partial charge on any atom is 0.264 e. The lowest BCUT2D eigenvalue weighted by Crippen LogP contribution is -2.37. The van der Waals surface area contributed by atoms with Crippen LogP contribution in [0.1, 0.15) is 21.7 Å². The molecule has 1 fully saturated rings. The zero-order valence-electron chi connectivity index (χ0n) is 16.3. The van der Waals surface area contributed by atoms with Crippen LogP contribution in [0.4, 0.5) is 0 Å². The number of rotatable bonds is 3. The van der Waals surface area contributed by atoms with E-state index >= 15 is 0 Å². The van der Waals surface area contributed by atoms with Gasteiger partial charge in [0, 0.05) is 37.8 Å². The van der Waals surface area contributed by atoms with Gasteiger partial charge in [0.15, 0.2) is 4.96 Å². The first kappa shape index (κ1) is 19.7. The molecule has 0 atom stereocenters. The number of hydrogen-bond donors (Lipinski definition) is 0. The van der Waals surface area contributed by atoms with Crippen molar-refractivity contribution < 1.29 is 13.2 Å². The van der Waals surface area contributed by atoms with Gasteiger partial charge in [0.05, 0.1) is 15.3 Å². The molecule has 0 radical (unpaired) electrons. The molecule has 0 unspecified atom stereocenters. The Morgan fingerprint density at radius 3 is 2.70 bits per heavy atom. The number of benzene rings is 1. The molecule has 3 aromatic heterocycles. The van der Waals surface area contributed by atoms with E-state index in [-0.39, 0.29) is 5.91 Å². The number of hydrogen-bond acceptors (Lipinski definition) is 6. The summed E-state index contributed by atoms with van der Waals surface area (Å²) in [4.78, 5) is 22.1. The van der Waals surface area contributed by atoms with Gasteiger partial charge in [-0.25, -0.2) is 13.4 Å². The summed E-state index contributed by atoms with van der Waals surface area (Å²) in [6.07, 6.45) is 2.56. The van der Waals surface area contributed by atoms with Gasteiger partial charge in [-0.05, 0) is 31.5 Å². The van der Waals surface area contributed by atoms with Crippen molar-refractivity contribution in [3.8, 4) is 0 Å². The minimum Gasteiger partial charge on any atom is -0.337 e. The average Bonchev–Trinajstić information content (AvgIpc) is 3.35. The summed E-state index contributed by atoms with van der Waals surface area (Å²) in [6, 6.07) is 8.79. The van der Waals surface area contributed by atoms with Crippen LogP contribution in [0.2, 0.25) is 0 Å². The predicted molar refractivity (Wildman–Crippen MR) is 119 cm³/mol. The van der Waals surface area contributed by atoms with Crippen molar-refractivity contribution in [3.05, 3.63) is 52.3 Å². The molecule has 1 aliphatic rings. The van der Waals surface area contributed by atoms with E-state index in [2.05, 4.69) is 4.98 Å². The summed E-state index contributed by atoms with van der Waals surface area (Å²) in [6.45, 7) is 3.54. The van der Waals surface area contributed by atoms with Crippen LogP contribution in [0.15, 0.2) is 46.8 Å². The van der Waals surface area contributed by atoms with E-state index in [4.69, 9.17) is 0 Å². The standard InChI is InChI=1S/C20H20N4O3S3/c1-14-3-5-15(6-4-14)30(26,27)23-8-2-7-22(9-10-23)19(25)17-13-16-18(29-17)21-20-24(16)11-12-28-20/h3-6,11-13H,2,7-10H2,1H3. The summed E-state index contributed by atoms with van der Waals surface area (Å²) >= 11 is 2.96. The first-order chi connectivity index (χ1) is 14.4. The second-order valence-electron chi connectivity index (χ2n) is 7.33. The largest absolute Gasteiger partial charge is 0.337 e. The van der Waals surface area contributed by atoms with Crippen molar-refractivity contribution in [1.82, 2.24) is 18.6 Å². The van der Waals surface area contributed by atoms with Crippen LogP contribution in [0, 0.1) is 6.92 Å².